The van der Waals surface area contributed by atoms with Gasteiger partial charge in [0.05, 0.1) is 12.1 Å². The van der Waals surface area contributed by atoms with E-state index in [4.69, 9.17) is 0 Å². The molecular formula is C12H21N3O. The Bertz CT molecular complexity index is 357. The molecule has 1 unspecified atom stereocenters. The van der Waals surface area contributed by atoms with Gasteiger partial charge in [-0.05, 0) is 12.8 Å². The minimum absolute atomic E-state index is 0.272. The van der Waals surface area contributed by atoms with Crippen LogP contribution in [0.15, 0.2) is 12.4 Å². The summed E-state index contributed by atoms with van der Waals surface area (Å²) in [6.45, 7) is 9.57. The van der Waals surface area contributed by atoms with Crippen molar-refractivity contribution in [2.24, 2.45) is 5.92 Å². The van der Waals surface area contributed by atoms with Crippen LogP contribution in [0, 0.1) is 5.92 Å². The molecule has 1 atom stereocenters. The van der Waals surface area contributed by atoms with Crippen LogP contribution in [0.4, 0.5) is 0 Å². The lowest BCUT2D eigenvalue weighted by molar-refractivity contribution is -0.0249. The summed E-state index contributed by atoms with van der Waals surface area (Å²) >= 11 is 0. The molecule has 0 aliphatic carbocycles. The first-order chi connectivity index (χ1) is 7.49. The van der Waals surface area contributed by atoms with Crippen molar-refractivity contribution >= 4 is 0 Å². The largest absolute Gasteiger partial charge is 0.389 e. The Kier molecular flexibility index (Phi) is 3.04. The molecule has 16 heavy (non-hydrogen) atoms. The number of hydrogen-bond donors (Lipinski definition) is 1. The van der Waals surface area contributed by atoms with Crippen LogP contribution in [0.2, 0.25) is 0 Å². The zero-order chi connectivity index (χ0) is 11.8. The summed E-state index contributed by atoms with van der Waals surface area (Å²) < 4.78 is 2.18. The number of nitrogens with zero attached hydrogens (tertiary/aromatic N) is 3. The Labute approximate surface area is 96.9 Å². The quantitative estimate of drug-likeness (QED) is 0.834. The molecule has 0 fully saturated rings. The lowest BCUT2D eigenvalue weighted by atomic mass is 9.92. The predicted molar refractivity (Wildman–Crippen MR) is 63.0 cm³/mol. The van der Waals surface area contributed by atoms with E-state index in [0.29, 0.717) is 0 Å². The van der Waals surface area contributed by atoms with Gasteiger partial charge in [-0.1, -0.05) is 13.8 Å². The van der Waals surface area contributed by atoms with Crippen molar-refractivity contribution in [3.63, 3.8) is 0 Å². The molecule has 4 heteroatoms. The Hall–Kier alpha value is -0.870. The fourth-order valence-corrected chi connectivity index (χ4v) is 1.99. The molecule has 2 rings (SSSR count). The lowest BCUT2D eigenvalue weighted by Crippen LogP contribution is -2.47. The van der Waals surface area contributed by atoms with Crippen LogP contribution in [-0.2, 0) is 13.1 Å². The highest BCUT2D eigenvalue weighted by Crippen LogP contribution is 2.20. The highest BCUT2D eigenvalue weighted by Gasteiger charge is 2.29. The summed E-state index contributed by atoms with van der Waals surface area (Å²) in [5.74, 6) is 1.37. The van der Waals surface area contributed by atoms with Gasteiger partial charge in [0, 0.05) is 32.0 Å². The average Bonchev–Trinajstić information content (AvgIpc) is 2.63. The molecule has 0 saturated carbocycles. The molecule has 2 heterocycles. The first kappa shape index (κ1) is 11.6. The van der Waals surface area contributed by atoms with E-state index in [1.807, 2.05) is 19.3 Å². The smallest absolute Gasteiger partial charge is 0.122 e. The van der Waals surface area contributed by atoms with Crippen molar-refractivity contribution < 1.29 is 5.11 Å². The zero-order valence-electron chi connectivity index (χ0n) is 10.3. The van der Waals surface area contributed by atoms with Crippen LogP contribution < -0.4 is 0 Å². The third-order valence-electron chi connectivity index (χ3n) is 3.61. The van der Waals surface area contributed by atoms with Gasteiger partial charge in [0.25, 0.3) is 0 Å². The Balaban J connectivity index is 1.99. The van der Waals surface area contributed by atoms with Crippen LogP contribution in [0.25, 0.3) is 0 Å². The molecule has 0 saturated heterocycles. The van der Waals surface area contributed by atoms with Crippen molar-refractivity contribution in [2.45, 2.75) is 39.5 Å². The van der Waals surface area contributed by atoms with Gasteiger partial charge in [0.15, 0.2) is 0 Å². The molecule has 1 N–H and O–H groups in total. The van der Waals surface area contributed by atoms with Crippen LogP contribution in [0.5, 0.6) is 0 Å². The predicted octanol–water partition coefficient (Wildman–Crippen LogP) is 1.11. The first-order valence-corrected chi connectivity index (χ1v) is 5.94. The molecule has 0 amide bonds. The number of hydrogen-bond acceptors (Lipinski definition) is 3. The van der Waals surface area contributed by atoms with Crippen LogP contribution in [0.1, 0.15) is 26.6 Å². The van der Waals surface area contributed by atoms with E-state index in [1.54, 1.807) is 0 Å². The van der Waals surface area contributed by atoms with E-state index in [2.05, 4.69) is 28.3 Å². The topological polar surface area (TPSA) is 41.3 Å². The Morgan fingerprint density at radius 3 is 2.94 bits per heavy atom. The molecule has 0 spiro atoms. The highest BCUT2D eigenvalue weighted by atomic mass is 16.3. The second-order valence-electron chi connectivity index (χ2n) is 5.26. The summed E-state index contributed by atoms with van der Waals surface area (Å²) in [6, 6.07) is 0. The standard InChI is InChI=1S/C12H21N3O/c1-10(2)12(3,16)9-14-6-7-15-5-4-13-11(15)8-14/h4-5,10,16H,6-9H2,1-3H3. The third kappa shape index (κ3) is 2.28. The lowest BCUT2D eigenvalue weighted by Gasteiger charge is -2.36. The number of aliphatic hydroxyl groups is 1. The first-order valence-electron chi connectivity index (χ1n) is 5.94. The van der Waals surface area contributed by atoms with Gasteiger partial charge in [-0.15, -0.1) is 0 Å². The van der Waals surface area contributed by atoms with Gasteiger partial charge >= 0.3 is 0 Å². The van der Waals surface area contributed by atoms with Gasteiger partial charge < -0.3 is 9.67 Å². The normalized spacial score (nSPS) is 20.8. The molecule has 1 aliphatic rings. The minimum atomic E-state index is -0.616. The maximum absolute atomic E-state index is 10.3. The van der Waals surface area contributed by atoms with Crippen LogP contribution in [0.3, 0.4) is 0 Å². The van der Waals surface area contributed by atoms with Crippen molar-refractivity contribution in [1.29, 1.82) is 0 Å². The Morgan fingerprint density at radius 1 is 1.50 bits per heavy atom. The molecule has 0 aromatic carbocycles. The molecule has 1 aliphatic heterocycles. The van der Waals surface area contributed by atoms with E-state index in [1.165, 1.54) is 0 Å². The maximum atomic E-state index is 10.3. The molecule has 90 valence electrons. The summed E-state index contributed by atoms with van der Waals surface area (Å²) in [4.78, 5) is 6.60. The fraction of sp³-hybridized carbons (Fsp3) is 0.750. The highest BCUT2D eigenvalue weighted by molar-refractivity contribution is 4.96. The number of aromatic nitrogens is 2. The van der Waals surface area contributed by atoms with Gasteiger partial charge in [0.1, 0.15) is 5.82 Å². The fourth-order valence-electron chi connectivity index (χ4n) is 1.99. The summed E-state index contributed by atoms with van der Waals surface area (Å²) in [5.41, 5.74) is -0.616. The summed E-state index contributed by atoms with van der Waals surface area (Å²) in [6.07, 6.45) is 3.87. The zero-order valence-corrected chi connectivity index (χ0v) is 10.3. The number of β-amino-alcohol motifs (C(OH)–C–C–N with tert-alkyl or cyclic N) is 1. The van der Waals surface area contributed by atoms with E-state index in [-0.39, 0.29) is 5.92 Å². The van der Waals surface area contributed by atoms with E-state index >= 15 is 0 Å². The summed E-state index contributed by atoms with van der Waals surface area (Å²) in [5, 5.41) is 10.3. The van der Waals surface area contributed by atoms with Gasteiger partial charge in [0.2, 0.25) is 0 Å². The molecule has 0 bridgehead atoms. The maximum Gasteiger partial charge on any atom is 0.122 e. The number of fused-ring (bicyclic) bond motifs is 1. The Morgan fingerprint density at radius 2 is 2.25 bits per heavy atom. The van der Waals surface area contributed by atoms with Crippen molar-refractivity contribution in [1.82, 2.24) is 14.5 Å². The van der Waals surface area contributed by atoms with Gasteiger partial charge in [-0.2, -0.15) is 0 Å². The number of imidazole rings is 1. The molecule has 4 nitrogen and oxygen atoms in total. The van der Waals surface area contributed by atoms with Gasteiger partial charge in [-0.3, -0.25) is 4.90 Å². The molecule has 1 aromatic heterocycles. The second-order valence-corrected chi connectivity index (χ2v) is 5.26. The van der Waals surface area contributed by atoms with E-state index in [9.17, 15) is 5.11 Å². The van der Waals surface area contributed by atoms with Crippen molar-refractivity contribution in [3.8, 4) is 0 Å². The van der Waals surface area contributed by atoms with E-state index < -0.39 is 5.60 Å². The third-order valence-corrected chi connectivity index (χ3v) is 3.61. The minimum Gasteiger partial charge on any atom is -0.389 e. The molecule has 1 aromatic rings. The SMILES string of the molecule is CC(C)C(C)(O)CN1CCn2ccnc2C1. The van der Waals surface area contributed by atoms with Crippen molar-refractivity contribution in [3.05, 3.63) is 18.2 Å². The van der Waals surface area contributed by atoms with Crippen molar-refractivity contribution in [2.75, 3.05) is 13.1 Å². The monoisotopic (exact) mass is 223 g/mol. The summed E-state index contributed by atoms with van der Waals surface area (Å²) in [7, 11) is 0. The van der Waals surface area contributed by atoms with Gasteiger partial charge in [-0.25, -0.2) is 4.98 Å². The van der Waals surface area contributed by atoms with E-state index in [0.717, 1.165) is 32.0 Å². The van der Waals surface area contributed by atoms with Crippen LogP contribution >= 0.6 is 0 Å². The molecule has 0 radical (unpaired) electrons. The second kappa shape index (κ2) is 4.18. The molecular weight excluding hydrogens is 202 g/mol. The number of rotatable bonds is 3. The average molecular weight is 223 g/mol. The van der Waals surface area contributed by atoms with Crippen LogP contribution in [-0.4, -0.2) is 38.2 Å².